The molecule has 1 aliphatic heterocycles. The number of nitrogens with one attached hydrogen (secondary N) is 1. The number of hydrogen-bond acceptors (Lipinski definition) is 2. The van der Waals surface area contributed by atoms with Gasteiger partial charge in [0, 0.05) is 24.7 Å². The van der Waals surface area contributed by atoms with E-state index in [1.807, 2.05) is 18.2 Å². The highest BCUT2D eigenvalue weighted by Crippen LogP contribution is 2.24. The first-order valence-corrected chi connectivity index (χ1v) is 7.18. The minimum Gasteiger partial charge on any atom is -0.352 e. The number of halogens is 1. The molecule has 1 saturated carbocycles. The number of amides is 1. The third kappa shape index (κ3) is 3.25. The largest absolute Gasteiger partial charge is 0.352 e. The van der Waals surface area contributed by atoms with Gasteiger partial charge in [-0.3, -0.25) is 9.69 Å². The predicted octanol–water partition coefficient (Wildman–Crippen LogP) is 2.19. The molecule has 1 N–H and O–H groups in total. The van der Waals surface area contributed by atoms with Crippen molar-refractivity contribution in [1.29, 1.82) is 0 Å². The third-order valence-corrected chi connectivity index (χ3v) is 3.82. The monoisotopic (exact) mass is 274 g/mol. The van der Waals surface area contributed by atoms with Crippen LogP contribution in [0.3, 0.4) is 0 Å². The Bertz CT molecular complexity index is 537. The molecule has 1 aromatic rings. The lowest BCUT2D eigenvalue weighted by Gasteiger charge is -2.26. The summed E-state index contributed by atoms with van der Waals surface area (Å²) in [5.41, 5.74) is 1.73. The number of carbonyl (C=O) groups is 1. The summed E-state index contributed by atoms with van der Waals surface area (Å²) >= 11 is 0. The van der Waals surface area contributed by atoms with Crippen molar-refractivity contribution in [3.8, 4) is 0 Å². The molecular formula is C16H19FN2O. The molecule has 0 spiro atoms. The van der Waals surface area contributed by atoms with Crippen molar-refractivity contribution in [3.63, 3.8) is 0 Å². The number of benzene rings is 1. The molecule has 1 heterocycles. The van der Waals surface area contributed by atoms with Gasteiger partial charge in [0.2, 0.25) is 5.91 Å². The van der Waals surface area contributed by atoms with Crippen LogP contribution in [0.15, 0.2) is 30.3 Å². The van der Waals surface area contributed by atoms with E-state index in [0.29, 0.717) is 24.7 Å². The Morgan fingerprint density at radius 2 is 2.15 bits per heavy atom. The molecule has 1 amide bonds. The van der Waals surface area contributed by atoms with Crippen LogP contribution < -0.4 is 5.32 Å². The Morgan fingerprint density at radius 3 is 2.80 bits per heavy atom. The highest BCUT2D eigenvalue weighted by Gasteiger charge is 2.24. The molecule has 0 saturated heterocycles. The molecule has 0 unspecified atom stereocenters. The van der Waals surface area contributed by atoms with Gasteiger partial charge in [-0.1, -0.05) is 24.3 Å². The minimum atomic E-state index is -0.168. The van der Waals surface area contributed by atoms with Gasteiger partial charge in [-0.2, -0.15) is 0 Å². The van der Waals surface area contributed by atoms with Crippen LogP contribution in [0.1, 0.15) is 24.8 Å². The normalized spacial score (nSPS) is 19.6. The van der Waals surface area contributed by atoms with E-state index in [2.05, 4.69) is 10.2 Å². The molecule has 106 valence electrons. The quantitative estimate of drug-likeness (QED) is 0.913. The first kappa shape index (κ1) is 13.3. The first-order valence-electron chi connectivity index (χ1n) is 7.18. The fraction of sp³-hybridized carbons (Fsp3) is 0.438. The number of carbonyl (C=O) groups excluding carboxylic acids is 1. The Labute approximate surface area is 118 Å². The van der Waals surface area contributed by atoms with E-state index in [9.17, 15) is 9.18 Å². The lowest BCUT2D eigenvalue weighted by Crippen LogP contribution is -2.40. The van der Waals surface area contributed by atoms with Gasteiger partial charge in [0.25, 0.3) is 0 Å². The zero-order chi connectivity index (χ0) is 13.9. The fourth-order valence-corrected chi connectivity index (χ4v) is 2.53. The molecular weight excluding hydrogens is 255 g/mol. The van der Waals surface area contributed by atoms with Crippen LogP contribution >= 0.6 is 0 Å². The van der Waals surface area contributed by atoms with Crippen molar-refractivity contribution in [3.05, 3.63) is 41.7 Å². The van der Waals surface area contributed by atoms with Crippen LogP contribution in [0, 0.1) is 5.82 Å². The zero-order valence-corrected chi connectivity index (χ0v) is 11.4. The maximum atomic E-state index is 13.7. The summed E-state index contributed by atoms with van der Waals surface area (Å²) in [6.45, 7) is 1.96. The van der Waals surface area contributed by atoms with Crippen molar-refractivity contribution >= 4 is 11.5 Å². The third-order valence-electron chi connectivity index (χ3n) is 3.82. The molecule has 0 bridgehead atoms. The van der Waals surface area contributed by atoms with Gasteiger partial charge in [-0.15, -0.1) is 0 Å². The number of rotatable bonds is 4. The topological polar surface area (TPSA) is 32.3 Å². The summed E-state index contributed by atoms with van der Waals surface area (Å²) in [4.78, 5) is 13.8. The lowest BCUT2D eigenvalue weighted by atomic mass is 9.99. The molecule has 3 nitrogen and oxygen atoms in total. The lowest BCUT2D eigenvalue weighted by molar-refractivity contribution is -0.122. The summed E-state index contributed by atoms with van der Waals surface area (Å²) in [7, 11) is 0. The molecule has 0 atom stereocenters. The average molecular weight is 274 g/mol. The molecule has 20 heavy (non-hydrogen) atoms. The highest BCUT2D eigenvalue weighted by atomic mass is 19.1. The average Bonchev–Trinajstić information content (AvgIpc) is 3.24. The summed E-state index contributed by atoms with van der Waals surface area (Å²) < 4.78 is 13.7. The molecule has 4 heteroatoms. The Morgan fingerprint density at radius 1 is 1.35 bits per heavy atom. The molecule has 1 fully saturated rings. The van der Waals surface area contributed by atoms with Gasteiger partial charge < -0.3 is 5.32 Å². The van der Waals surface area contributed by atoms with Gasteiger partial charge in [-0.25, -0.2) is 4.39 Å². The van der Waals surface area contributed by atoms with E-state index in [1.54, 1.807) is 6.07 Å². The van der Waals surface area contributed by atoms with Crippen LogP contribution in [-0.2, 0) is 4.79 Å². The van der Waals surface area contributed by atoms with Crippen molar-refractivity contribution in [2.75, 3.05) is 19.6 Å². The Kier molecular flexibility index (Phi) is 3.83. The first-order chi connectivity index (χ1) is 9.72. The van der Waals surface area contributed by atoms with Gasteiger partial charge in [-0.05, 0) is 30.9 Å². The van der Waals surface area contributed by atoms with Crippen LogP contribution in [0.5, 0.6) is 0 Å². The molecule has 0 radical (unpaired) electrons. The van der Waals surface area contributed by atoms with E-state index >= 15 is 0 Å². The van der Waals surface area contributed by atoms with E-state index in [0.717, 1.165) is 31.4 Å². The standard InChI is InChI=1S/C16H19FN2O/c17-15-4-2-1-3-14(15)12-7-9-19(10-8-12)11-16(20)18-13-5-6-13/h1-4,7,13H,5-6,8-11H2,(H,18,20). The fourth-order valence-electron chi connectivity index (χ4n) is 2.53. The van der Waals surface area contributed by atoms with Gasteiger partial charge in [0.15, 0.2) is 0 Å². The van der Waals surface area contributed by atoms with Gasteiger partial charge >= 0.3 is 0 Å². The van der Waals surface area contributed by atoms with E-state index in [4.69, 9.17) is 0 Å². The van der Waals surface area contributed by atoms with Crippen LogP contribution in [0.25, 0.3) is 5.57 Å². The second-order valence-corrected chi connectivity index (χ2v) is 5.54. The van der Waals surface area contributed by atoms with E-state index in [-0.39, 0.29) is 11.7 Å². The summed E-state index contributed by atoms with van der Waals surface area (Å²) in [5, 5.41) is 2.99. The molecule has 1 aromatic carbocycles. The van der Waals surface area contributed by atoms with Crippen LogP contribution in [0.4, 0.5) is 4.39 Å². The zero-order valence-electron chi connectivity index (χ0n) is 11.4. The van der Waals surface area contributed by atoms with Crippen LogP contribution in [-0.4, -0.2) is 36.5 Å². The highest BCUT2D eigenvalue weighted by molar-refractivity contribution is 5.79. The second-order valence-electron chi connectivity index (χ2n) is 5.54. The SMILES string of the molecule is O=C(CN1CC=C(c2ccccc2F)CC1)NC1CC1. The maximum Gasteiger partial charge on any atom is 0.234 e. The molecule has 1 aliphatic carbocycles. The van der Waals surface area contributed by atoms with E-state index in [1.165, 1.54) is 6.07 Å². The van der Waals surface area contributed by atoms with Crippen molar-refractivity contribution in [2.24, 2.45) is 0 Å². The summed E-state index contributed by atoms with van der Waals surface area (Å²) in [6, 6.07) is 7.28. The van der Waals surface area contributed by atoms with Crippen molar-refractivity contribution in [1.82, 2.24) is 10.2 Å². The number of nitrogens with zero attached hydrogens (tertiary/aromatic N) is 1. The smallest absolute Gasteiger partial charge is 0.234 e. The van der Waals surface area contributed by atoms with Gasteiger partial charge in [0.1, 0.15) is 5.82 Å². The molecule has 3 rings (SSSR count). The van der Waals surface area contributed by atoms with E-state index < -0.39 is 0 Å². The summed E-state index contributed by atoms with van der Waals surface area (Å²) in [6.07, 6.45) is 5.05. The van der Waals surface area contributed by atoms with Crippen LogP contribution in [0.2, 0.25) is 0 Å². The Balaban J connectivity index is 1.57. The van der Waals surface area contributed by atoms with Crippen molar-refractivity contribution in [2.45, 2.75) is 25.3 Å². The second kappa shape index (κ2) is 5.75. The van der Waals surface area contributed by atoms with Crippen molar-refractivity contribution < 1.29 is 9.18 Å². The maximum absolute atomic E-state index is 13.7. The Hall–Kier alpha value is -1.68. The summed E-state index contributed by atoms with van der Waals surface area (Å²) in [5.74, 6) is -0.0612. The number of hydrogen-bond donors (Lipinski definition) is 1. The van der Waals surface area contributed by atoms with Gasteiger partial charge in [0.05, 0.1) is 6.54 Å². The minimum absolute atomic E-state index is 0.107. The molecule has 2 aliphatic rings. The molecule has 0 aromatic heterocycles. The predicted molar refractivity (Wildman–Crippen MR) is 76.6 cm³/mol.